The van der Waals surface area contributed by atoms with Crippen LogP contribution in [0.5, 0.6) is 0 Å². The third-order valence-corrected chi connectivity index (χ3v) is 2.55. The highest BCUT2D eigenvalue weighted by Gasteiger charge is 2.14. The van der Waals surface area contributed by atoms with Crippen LogP contribution in [0.15, 0.2) is 10.5 Å². The number of carbonyl (C=O) groups excluding carboxylic acids is 1. The van der Waals surface area contributed by atoms with Gasteiger partial charge in [0, 0.05) is 13.2 Å². The maximum atomic E-state index is 11.4. The van der Waals surface area contributed by atoms with E-state index in [2.05, 4.69) is 23.9 Å². The molecule has 1 aromatic heterocycles. The molecule has 0 aromatic carbocycles. The Labute approximate surface area is 114 Å². The van der Waals surface area contributed by atoms with Gasteiger partial charge in [-0.3, -0.25) is 0 Å². The van der Waals surface area contributed by atoms with Crippen molar-refractivity contribution in [3.8, 4) is 0 Å². The molecule has 5 nitrogen and oxygen atoms in total. The van der Waals surface area contributed by atoms with E-state index in [4.69, 9.17) is 9.15 Å². The van der Waals surface area contributed by atoms with Crippen LogP contribution in [0.2, 0.25) is 0 Å². The lowest BCUT2D eigenvalue weighted by Gasteiger charge is -2.06. The summed E-state index contributed by atoms with van der Waals surface area (Å²) in [4.78, 5) is 11.4. The number of methoxy groups -OCH3 is 1. The molecule has 0 radical (unpaired) electrons. The summed E-state index contributed by atoms with van der Waals surface area (Å²) in [5.74, 6) is 1.49. The smallest absolute Gasteiger partial charge is 0.341 e. The van der Waals surface area contributed by atoms with Gasteiger partial charge in [-0.15, -0.1) is 0 Å². The summed E-state index contributed by atoms with van der Waals surface area (Å²) in [5, 5.41) is 3.20. The summed E-state index contributed by atoms with van der Waals surface area (Å²) in [5.41, 5.74) is 0.482. The average molecular weight is 269 g/mol. The number of furan rings is 1. The van der Waals surface area contributed by atoms with Gasteiger partial charge >= 0.3 is 5.97 Å². The van der Waals surface area contributed by atoms with Gasteiger partial charge < -0.3 is 19.2 Å². The van der Waals surface area contributed by atoms with Gasteiger partial charge in [0.2, 0.25) is 0 Å². The van der Waals surface area contributed by atoms with Crippen LogP contribution in [0.1, 0.15) is 35.7 Å². The molecule has 0 saturated heterocycles. The van der Waals surface area contributed by atoms with Gasteiger partial charge in [0.1, 0.15) is 17.1 Å². The van der Waals surface area contributed by atoms with E-state index in [-0.39, 0.29) is 5.97 Å². The maximum absolute atomic E-state index is 11.4. The van der Waals surface area contributed by atoms with Crippen LogP contribution in [0.3, 0.4) is 0 Å². The lowest BCUT2D eigenvalue weighted by molar-refractivity contribution is 0.0599. The van der Waals surface area contributed by atoms with E-state index in [1.165, 1.54) is 7.11 Å². The van der Waals surface area contributed by atoms with Crippen molar-refractivity contribution in [1.29, 1.82) is 0 Å². The minimum atomic E-state index is -0.368. The fraction of sp³-hybridized carbons (Fsp3) is 0.643. The molecule has 0 fully saturated rings. The summed E-state index contributed by atoms with van der Waals surface area (Å²) in [6.07, 6.45) is 0. The molecule has 1 N–H and O–H groups in total. The Balaban J connectivity index is 2.28. The second-order valence-electron chi connectivity index (χ2n) is 4.82. The first-order valence-corrected chi connectivity index (χ1v) is 6.50. The fourth-order valence-corrected chi connectivity index (χ4v) is 1.62. The predicted octanol–water partition coefficient (Wildman–Crippen LogP) is 2.14. The summed E-state index contributed by atoms with van der Waals surface area (Å²) >= 11 is 0. The molecule has 1 heterocycles. The lowest BCUT2D eigenvalue weighted by Crippen LogP contribution is -2.20. The normalized spacial score (nSPS) is 11.0. The van der Waals surface area contributed by atoms with Crippen LogP contribution in [0.25, 0.3) is 0 Å². The van der Waals surface area contributed by atoms with Gasteiger partial charge in [0.05, 0.1) is 20.3 Å². The number of carbonyl (C=O) groups is 1. The molecule has 5 heteroatoms. The number of hydrogen-bond acceptors (Lipinski definition) is 5. The van der Waals surface area contributed by atoms with E-state index < -0.39 is 0 Å². The second kappa shape index (κ2) is 7.96. The van der Waals surface area contributed by atoms with Crippen molar-refractivity contribution < 1.29 is 18.7 Å². The first-order chi connectivity index (χ1) is 9.04. The molecule has 0 amide bonds. The van der Waals surface area contributed by atoms with Crippen LogP contribution in [-0.2, 0) is 16.0 Å². The van der Waals surface area contributed by atoms with Gasteiger partial charge in [-0.2, -0.15) is 0 Å². The summed E-state index contributed by atoms with van der Waals surface area (Å²) < 4.78 is 15.6. The first-order valence-electron chi connectivity index (χ1n) is 6.50. The third-order valence-electron chi connectivity index (χ3n) is 2.55. The Bertz CT molecular complexity index is 398. The highest BCUT2D eigenvalue weighted by Crippen LogP contribution is 2.15. The van der Waals surface area contributed by atoms with Crippen LogP contribution in [-0.4, -0.2) is 32.8 Å². The van der Waals surface area contributed by atoms with Gasteiger partial charge in [-0.1, -0.05) is 13.8 Å². The summed E-state index contributed by atoms with van der Waals surface area (Å²) in [7, 11) is 1.36. The van der Waals surface area contributed by atoms with Gasteiger partial charge in [-0.05, 0) is 18.9 Å². The van der Waals surface area contributed by atoms with E-state index in [1.54, 1.807) is 13.0 Å². The number of aryl methyl sites for hydroxylation is 1. The Morgan fingerprint density at radius 2 is 2.21 bits per heavy atom. The standard InChI is InChI=1S/C14H23NO4/c1-10(2)9-18-6-5-15-8-12-7-13(11(3)19-12)14(16)17-4/h7,10,15H,5-6,8-9H2,1-4H3. The molecule has 1 aromatic rings. The Hall–Kier alpha value is -1.33. The van der Waals surface area contributed by atoms with Crippen molar-refractivity contribution in [2.75, 3.05) is 26.9 Å². The zero-order valence-electron chi connectivity index (χ0n) is 12.1. The molecule has 19 heavy (non-hydrogen) atoms. The van der Waals surface area contributed by atoms with Crippen molar-refractivity contribution in [2.45, 2.75) is 27.3 Å². The Kier molecular flexibility index (Phi) is 6.59. The van der Waals surface area contributed by atoms with Crippen molar-refractivity contribution in [3.63, 3.8) is 0 Å². The zero-order valence-corrected chi connectivity index (χ0v) is 12.1. The molecule has 0 aliphatic rings. The summed E-state index contributed by atoms with van der Waals surface area (Å²) in [6, 6.07) is 1.71. The molecule has 0 bridgehead atoms. The second-order valence-corrected chi connectivity index (χ2v) is 4.82. The number of hydrogen-bond donors (Lipinski definition) is 1. The quantitative estimate of drug-likeness (QED) is 0.578. The third kappa shape index (κ3) is 5.44. The van der Waals surface area contributed by atoms with Crippen molar-refractivity contribution in [1.82, 2.24) is 5.32 Å². The van der Waals surface area contributed by atoms with E-state index in [0.29, 0.717) is 30.4 Å². The van der Waals surface area contributed by atoms with Crippen LogP contribution >= 0.6 is 0 Å². The van der Waals surface area contributed by atoms with Crippen molar-refractivity contribution in [2.24, 2.45) is 5.92 Å². The van der Waals surface area contributed by atoms with E-state index in [0.717, 1.165) is 18.9 Å². The molecule has 0 spiro atoms. The molecule has 108 valence electrons. The van der Waals surface area contributed by atoms with Gasteiger partial charge in [-0.25, -0.2) is 4.79 Å². The van der Waals surface area contributed by atoms with Gasteiger partial charge in [0.25, 0.3) is 0 Å². The van der Waals surface area contributed by atoms with Crippen molar-refractivity contribution >= 4 is 5.97 Å². The monoisotopic (exact) mass is 269 g/mol. The molecule has 1 rings (SSSR count). The topological polar surface area (TPSA) is 60.7 Å². The van der Waals surface area contributed by atoms with Crippen LogP contribution in [0.4, 0.5) is 0 Å². The zero-order chi connectivity index (χ0) is 14.3. The fourth-order valence-electron chi connectivity index (χ4n) is 1.62. The highest BCUT2D eigenvalue weighted by atomic mass is 16.5. The van der Waals surface area contributed by atoms with Crippen LogP contribution < -0.4 is 5.32 Å². The van der Waals surface area contributed by atoms with Crippen molar-refractivity contribution in [3.05, 3.63) is 23.2 Å². The minimum Gasteiger partial charge on any atom is -0.465 e. The molecule has 0 aliphatic heterocycles. The molecular formula is C14H23NO4. The molecular weight excluding hydrogens is 246 g/mol. The van der Waals surface area contributed by atoms with Crippen LogP contribution in [0, 0.1) is 12.8 Å². The molecule has 0 unspecified atom stereocenters. The first kappa shape index (κ1) is 15.7. The number of rotatable bonds is 8. The number of esters is 1. The molecule has 0 aliphatic carbocycles. The van der Waals surface area contributed by atoms with E-state index in [9.17, 15) is 4.79 Å². The van der Waals surface area contributed by atoms with E-state index >= 15 is 0 Å². The summed E-state index contributed by atoms with van der Waals surface area (Å²) in [6.45, 7) is 8.75. The minimum absolute atomic E-state index is 0.368. The SMILES string of the molecule is COC(=O)c1cc(CNCCOCC(C)C)oc1C. The molecule has 0 atom stereocenters. The Morgan fingerprint density at radius 1 is 1.47 bits per heavy atom. The highest BCUT2D eigenvalue weighted by molar-refractivity contribution is 5.90. The van der Waals surface area contributed by atoms with Gasteiger partial charge in [0.15, 0.2) is 0 Å². The number of ether oxygens (including phenoxy) is 2. The largest absolute Gasteiger partial charge is 0.465 e. The maximum Gasteiger partial charge on any atom is 0.341 e. The molecule has 0 saturated carbocycles. The number of nitrogens with one attached hydrogen (secondary N) is 1. The average Bonchev–Trinajstić information content (AvgIpc) is 2.73. The Morgan fingerprint density at radius 3 is 2.84 bits per heavy atom. The predicted molar refractivity (Wildman–Crippen MR) is 72.1 cm³/mol. The lowest BCUT2D eigenvalue weighted by atomic mass is 10.2. The van der Waals surface area contributed by atoms with E-state index in [1.807, 2.05) is 0 Å².